The lowest BCUT2D eigenvalue weighted by Crippen LogP contribution is -2.61. The fourth-order valence-corrected chi connectivity index (χ4v) is 5.27. The summed E-state index contributed by atoms with van der Waals surface area (Å²) in [6.07, 6.45) is -8.86. The van der Waals surface area contributed by atoms with E-state index in [-0.39, 0.29) is 51.8 Å². The summed E-state index contributed by atoms with van der Waals surface area (Å²) in [5, 5.41) is 5.54. The minimum Gasteiger partial charge on any atom is -0.370 e. The van der Waals surface area contributed by atoms with E-state index in [4.69, 9.17) is 40.5 Å². The van der Waals surface area contributed by atoms with Gasteiger partial charge >= 0.3 is 12.4 Å². The van der Waals surface area contributed by atoms with Crippen molar-refractivity contribution in [3.05, 3.63) is 44.9 Å². The van der Waals surface area contributed by atoms with E-state index in [2.05, 4.69) is 15.6 Å². The molecule has 4 rings (SSSR count). The average Bonchev–Trinajstić information content (AvgIpc) is 3.17. The number of alkyl halides is 6. The minimum atomic E-state index is -4.97. The number of imidazole rings is 1. The Labute approximate surface area is 245 Å². The summed E-state index contributed by atoms with van der Waals surface area (Å²) < 4.78 is 81.0. The van der Waals surface area contributed by atoms with Crippen LogP contribution in [0.15, 0.2) is 24.3 Å². The summed E-state index contributed by atoms with van der Waals surface area (Å²) in [5.41, 5.74) is 3.92. The fraction of sp³-hybridized carbons (Fsp3) is 0.440. The Bertz CT molecular complexity index is 1470. The van der Waals surface area contributed by atoms with Crippen LogP contribution in [0.25, 0.3) is 11.0 Å². The van der Waals surface area contributed by atoms with Crippen molar-refractivity contribution in [3.8, 4) is 0 Å². The average molecular weight is 646 g/mol. The first kappa shape index (κ1) is 31.3. The molecule has 0 spiro atoms. The molecule has 3 aromatic rings. The molecule has 224 valence electrons. The van der Waals surface area contributed by atoms with Gasteiger partial charge in [0.25, 0.3) is 0 Å². The van der Waals surface area contributed by atoms with Crippen LogP contribution in [0, 0.1) is 5.92 Å². The molecule has 1 aromatic heterocycles. The number of carbonyl (C=O) groups is 1. The predicted molar refractivity (Wildman–Crippen MR) is 147 cm³/mol. The van der Waals surface area contributed by atoms with E-state index in [0.717, 1.165) is 0 Å². The van der Waals surface area contributed by atoms with Crippen LogP contribution in [0.5, 0.6) is 0 Å². The fourth-order valence-electron chi connectivity index (χ4n) is 4.47. The summed E-state index contributed by atoms with van der Waals surface area (Å²) in [6, 6.07) is 6.08. The first-order valence-corrected chi connectivity index (χ1v) is 13.4. The topological polar surface area (TPSA) is 88.2 Å². The lowest BCUT2D eigenvalue weighted by Gasteiger charge is -2.35. The number of aromatic nitrogens is 2. The third-order valence-electron chi connectivity index (χ3n) is 7.08. The van der Waals surface area contributed by atoms with Gasteiger partial charge in [-0.1, -0.05) is 40.9 Å². The zero-order chi connectivity index (χ0) is 30.5. The smallest absolute Gasteiger partial charge is 0.370 e. The van der Waals surface area contributed by atoms with E-state index in [0.29, 0.717) is 36.6 Å². The second-order valence-electron chi connectivity index (χ2n) is 10.0. The number of nitrogens with one attached hydrogen (secondary N) is 2. The van der Waals surface area contributed by atoms with Gasteiger partial charge < -0.3 is 25.8 Å². The van der Waals surface area contributed by atoms with Crippen molar-refractivity contribution in [1.29, 1.82) is 0 Å². The van der Waals surface area contributed by atoms with Crippen molar-refractivity contribution in [1.82, 2.24) is 14.9 Å². The Hall–Kier alpha value is -2.61. The van der Waals surface area contributed by atoms with Gasteiger partial charge in [-0.15, -0.1) is 0 Å². The Morgan fingerprint density at radius 2 is 1.80 bits per heavy atom. The molecule has 2 unspecified atom stereocenters. The SMILES string of the molecule is Cn1c(Nc2c(Cl)ccc(CNC(=O)C(C)(N)C(F)(F)F)c2Cl)nc2cc(Cl)c(N3CCCC(C(F)(F)F)C3)cc21. The number of amides is 1. The van der Waals surface area contributed by atoms with Crippen LogP contribution in [0.3, 0.4) is 0 Å². The van der Waals surface area contributed by atoms with Crippen LogP contribution in [-0.2, 0) is 18.4 Å². The molecule has 4 N–H and O–H groups in total. The second kappa shape index (κ2) is 11.2. The second-order valence-corrected chi connectivity index (χ2v) is 11.2. The zero-order valence-corrected chi connectivity index (χ0v) is 23.9. The minimum absolute atomic E-state index is 0.0146. The molecule has 0 saturated carbocycles. The van der Waals surface area contributed by atoms with Crippen LogP contribution in [0.1, 0.15) is 25.3 Å². The molecule has 2 atom stereocenters. The highest BCUT2D eigenvalue weighted by Crippen LogP contribution is 2.40. The van der Waals surface area contributed by atoms with Crippen LogP contribution < -0.4 is 21.3 Å². The van der Waals surface area contributed by atoms with Crippen LogP contribution >= 0.6 is 34.8 Å². The van der Waals surface area contributed by atoms with Gasteiger partial charge in [0, 0.05) is 26.7 Å². The molecule has 0 radical (unpaired) electrons. The molecule has 41 heavy (non-hydrogen) atoms. The highest BCUT2D eigenvalue weighted by molar-refractivity contribution is 6.39. The first-order chi connectivity index (χ1) is 18.9. The van der Waals surface area contributed by atoms with Gasteiger partial charge in [-0.2, -0.15) is 26.3 Å². The molecule has 0 bridgehead atoms. The van der Waals surface area contributed by atoms with Crippen molar-refractivity contribution >= 4 is 69.1 Å². The van der Waals surface area contributed by atoms with E-state index >= 15 is 0 Å². The lowest BCUT2D eigenvalue weighted by atomic mass is 9.97. The standard InChI is InChI=1S/C25H25Cl3F6N6O/c1-23(35,25(32,33)34)21(41)36-10-12-5-6-14(26)20(19(12)28)38-22-37-16-8-15(27)17(9-18(16)39(22)2)40-7-3-4-13(11-40)24(29,30)31/h5-6,8-9,13H,3-4,7,10-11,35H2,1-2H3,(H,36,41)(H,37,38). The molecule has 2 aromatic carbocycles. The Kier molecular flexibility index (Phi) is 8.58. The maximum Gasteiger partial charge on any atom is 0.415 e. The Morgan fingerprint density at radius 3 is 2.44 bits per heavy atom. The quantitative estimate of drug-likeness (QED) is 0.253. The molecule has 1 aliphatic rings. The van der Waals surface area contributed by atoms with Gasteiger partial charge in [-0.25, -0.2) is 4.98 Å². The highest BCUT2D eigenvalue weighted by atomic mass is 35.5. The normalized spacial score (nSPS) is 18.0. The molecule has 7 nitrogen and oxygen atoms in total. The van der Waals surface area contributed by atoms with E-state index in [9.17, 15) is 31.1 Å². The maximum atomic E-state index is 13.4. The van der Waals surface area contributed by atoms with Crippen molar-refractivity contribution in [2.75, 3.05) is 23.3 Å². The summed E-state index contributed by atoms with van der Waals surface area (Å²) in [6.45, 7) is 0.394. The maximum absolute atomic E-state index is 13.4. The number of anilines is 3. The number of hydrogen-bond donors (Lipinski definition) is 3. The molecule has 16 heteroatoms. The Morgan fingerprint density at radius 1 is 1.12 bits per heavy atom. The number of hydrogen-bond acceptors (Lipinski definition) is 5. The van der Waals surface area contributed by atoms with Crippen LogP contribution in [0.4, 0.5) is 43.7 Å². The first-order valence-electron chi connectivity index (χ1n) is 12.3. The van der Waals surface area contributed by atoms with Crippen LogP contribution in [0.2, 0.25) is 15.1 Å². The number of benzene rings is 2. The van der Waals surface area contributed by atoms with Gasteiger partial charge in [0.1, 0.15) is 0 Å². The molecular weight excluding hydrogens is 621 g/mol. The monoisotopic (exact) mass is 644 g/mol. The van der Waals surface area contributed by atoms with E-state index < -0.39 is 29.7 Å². The highest BCUT2D eigenvalue weighted by Gasteiger charge is 2.53. The molecule has 0 aliphatic carbocycles. The van der Waals surface area contributed by atoms with Crippen LogP contribution in [-0.4, -0.2) is 46.4 Å². The summed E-state index contributed by atoms with van der Waals surface area (Å²) >= 11 is 19.3. The summed E-state index contributed by atoms with van der Waals surface area (Å²) in [5.74, 6) is -2.65. The molecule has 2 heterocycles. The van der Waals surface area contributed by atoms with Gasteiger partial charge in [0.05, 0.1) is 43.4 Å². The van der Waals surface area contributed by atoms with E-state index in [1.807, 2.05) is 0 Å². The van der Waals surface area contributed by atoms with Gasteiger partial charge in [0.2, 0.25) is 11.9 Å². The third-order valence-corrected chi connectivity index (χ3v) is 8.13. The number of rotatable bonds is 6. The molecule has 1 fully saturated rings. The number of fused-ring (bicyclic) bond motifs is 1. The molecule has 1 amide bonds. The zero-order valence-electron chi connectivity index (χ0n) is 21.7. The lowest BCUT2D eigenvalue weighted by molar-refractivity contribution is -0.187. The van der Waals surface area contributed by atoms with Gasteiger partial charge in [-0.05, 0) is 43.5 Å². The number of halogens is 9. The number of aryl methyl sites for hydroxylation is 1. The summed E-state index contributed by atoms with van der Waals surface area (Å²) in [4.78, 5) is 18.2. The largest absolute Gasteiger partial charge is 0.415 e. The molecular formula is C25H25Cl3F6N6O. The molecule has 1 saturated heterocycles. The number of piperidine rings is 1. The number of nitrogens with zero attached hydrogens (tertiary/aromatic N) is 3. The van der Waals surface area contributed by atoms with E-state index in [1.54, 1.807) is 28.6 Å². The van der Waals surface area contributed by atoms with Crippen molar-refractivity contribution < 1.29 is 31.1 Å². The van der Waals surface area contributed by atoms with Crippen molar-refractivity contribution in [2.45, 2.75) is 44.2 Å². The van der Waals surface area contributed by atoms with Gasteiger partial charge in [0.15, 0.2) is 5.54 Å². The van der Waals surface area contributed by atoms with Crippen molar-refractivity contribution in [2.24, 2.45) is 18.7 Å². The number of carbonyl (C=O) groups excluding carboxylic acids is 1. The molecule has 1 aliphatic heterocycles. The summed E-state index contributed by atoms with van der Waals surface area (Å²) in [7, 11) is 1.66. The number of nitrogens with two attached hydrogens (primary N) is 1. The Balaban J connectivity index is 1.60. The predicted octanol–water partition coefficient (Wildman–Crippen LogP) is 6.95. The van der Waals surface area contributed by atoms with Gasteiger partial charge in [-0.3, -0.25) is 4.79 Å². The van der Waals surface area contributed by atoms with Crippen molar-refractivity contribution in [3.63, 3.8) is 0 Å². The van der Waals surface area contributed by atoms with E-state index in [1.165, 1.54) is 12.1 Å². The third kappa shape index (κ3) is 6.27.